The maximum Gasteiger partial charge on any atom is -0.00676 e. The summed E-state index contributed by atoms with van der Waals surface area (Å²) in [5, 5.41) is 0.688. The third kappa shape index (κ3) is 1.52. The van der Waals surface area contributed by atoms with Gasteiger partial charge in [0.25, 0.3) is 0 Å². The van der Waals surface area contributed by atoms with Gasteiger partial charge in [0.05, 0.1) is 0 Å². The van der Waals surface area contributed by atoms with Crippen molar-refractivity contribution in [1.29, 1.82) is 0 Å². The van der Waals surface area contributed by atoms with Crippen LogP contribution in [0.4, 0.5) is 0 Å². The highest BCUT2D eigenvalue weighted by atomic mass is 31.1. The molecule has 0 nitrogen and oxygen atoms in total. The smallest absolute Gasteiger partial charge is 0.00676 e. The highest BCUT2D eigenvalue weighted by Crippen LogP contribution is 2.65. The summed E-state index contributed by atoms with van der Waals surface area (Å²) in [5.41, 5.74) is 0.627. The Morgan fingerprint density at radius 2 is 1.31 bits per heavy atom. The second-order valence-electron chi connectivity index (χ2n) is 7.05. The largest absolute Gasteiger partial charge is 0.118 e. The molecule has 0 saturated heterocycles. The molecule has 7 atom stereocenters. The Kier molecular flexibility index (Phi) is 3.20. The summed E-state index contributed by atoms with van der Waals surface area (Å²) >= 11 is 0. The summed E-state index contributed by atoms with van der Waals surface area (Å²) in [6.07, 6.45) is 4.43. The van der Waals surface area contributed by atoms with E-state index in [1.165, 1.54) is 19.3 Å². The second-order valence-corrected chi connectivity index (χ2v) is 8.48. The van der Waals surface area contributed by atoms with Crippen molar-refractivity contribution in [2.45, 2.75) is 59.0 Å². The minimum Gasteiger partial charge on any atom is -0.118 e. The predicted octanol–water partition coefficient (Wildman–Crippen LogP) is 4.78. The molecule has 2 saturated carbocycles. The van der Waals surface area contributed by atoms with Gasteiger partial charge in [-0.1, -0.05) is 34.6 Å². The summed E-state index contributed by atoms with van der Waals surface area (Å²) in [4.78, 5) is 0. The van der Waals surface area contributed by atoms with E-state index in [-0.39, 0.29) is 0 Å². The van der Waals surface area contributed by atoms with Crippen LogP contribution >= 0.6 is 8.58 Å². The molecular weight excluding hydrogens is 211 g/mol. The van der Waals surface area contributed by atoms with Crippen molar-refractivity contribution in [3.05, 3.63) is 0 Å². The average Bonchev–Trinajstić information content (AvgIpc) is 2.22. The second kappa shape index (κ2) is 3.98. The fourth-order valence-electron chi connectivity index (χ4n) is 4.90. The van der Waals surface area contributed by atoms with E-state index in [4.69, 9.17) is 0 Å². The highest BCUT2D eigenvalue weighted by molar-refractivity contribution is 7.39. The molecule has 1 heteroatoms. The molecule has 2 aliphatic rings. The lowest BCUT2D eigenvalue weighted by Gasteiger charge is -2.62. The van der Waals surface area contributed by atoms with Crippen LogP contribution in [0.3, 0.4) is 0 Å². The lowest BCUT2D eigenvalue weighted by molar-refractivity contribution is -0.0496. The maximum atomic E-state index is 2.58. The number of hydrogen-bond donors (Lipinski definition) is 0. The van der Waals surface area contributed by atoms with E-state index in [1.54, 1.807) is 0 Å². The first-order valence-electron chi connectivity index (χ1n) is 7.05. The molecule has 2 fully saturated rings. The van der Waals surface area contributed by atoms with Crippen molar-refractivity contribution in [3.63, 3.8) is 0 Å². The van der Waals surface area contributed by atoms with E-state index < -0.39 is 0 Å². The molecule has 2 rings (SSSR count). The van der Waals surface area contributed by atoms with Crippen molar-refractivity contribution < 1.29 is 0 Å². The van der Waals surface area contributed by atoms with Gasteiger partial charge in [0, 0.05) is 0 Å². The summed E-state index contributed by atoms with van der Waals surface area (Å²) in [7, 11) is 1.14. The van der Waals surface area contributed by atoms with Gasteiger partial charge in [0.2, 0.25) is 0 Å². The molecule has 0 radical (unpaired) electrons. The average molecular weight is 240 g/mol. The van der Waals surface area contributed by atoms with Gasteiger partial charge in [0.15, 0.2) is 0 Å². The molecule has 0 aromatic carbocycles. The normalized spacial score (nSPS) is 58.1. The molecule has 94 valence electrons. The highest BCUT2D eigenvalue weighted by Gasteiger charge is 2.56. The molecule has 0 aromatic heterocycles. The van der Waals surface area contributed by atoms with Gasteiger partial charge in [0.1, 0.15) is 0 Å². The molecule has 2 bridgehead atoms. The summed E-state index contributed by atoms with van der Waals surface area (Å²) < 4.78 is 0. The first kappa shape index (κ1) is 12.9. The van der Waals surface area contributed by atoms with E-state index >= 15 is 0 Å². The molecule has 0 amide bonds. The van der Waals surface area contributed by atoms with Gasteiger partial charge in [-0.15, -0.1) is 8.58 Å². The van der Waals surface area contributed by atoms with E-state index in [0.717, 1.165) is 32.3 Å². The standard InChI is InChI=1S/C15H29P/c1-10-7-12(3)15(16-6)9-14(10,5)11(2)8-13(15)4/h10-13,16H,7-9H2,1-6H3/t10-,11+,12+,13-,14+,15+. The Labute approximate surface area is 104 Å². The Morgan fingerprint density at radius 3 is 1.69 bits per heavy atom. The Balaban J connectivity index is 2.39. The van der Waals surface area contributed by atoms with Gasteiger partial charge in [-0.05, 0) is 60.2 Å². The van der Waals surface area contributed by atoms with Crippen LogP contribution < -0.4 is 0 Å². The summed E-state index contributed by atoms with van der Waals surface area (Å²) in [5.74, 6) is 3.74. The topological polar surface area (TPSA) is 0 Å². The van der Waals surface area contributed by atoms with Gasteiger partial charge >= 0.3 is 0 Å². The van der Waals surface area contributed by atoms with Gasteiger partial charge < -0.3 is 0 Å². The minimum atomic E-state index is 0.627. The van der Waals surface area contributed by atoms with Gasteiger partial charge in [-0.25, -0.2) is 0 Å². The Morgan fingerprint density at radius 1 is 0.875 bits per heavy atom. The Hall–Kier alpha value is 0.430. The molecule has 16 heavy (non-hydrogen) atoms. The maximum absolute atomic E-state index is 2.58. The Bertz CT molecular complexity index is 253. The fraction of sp³-hybridized carbons (Fsp3) is 1.00. The third-order valence-electron chi connectivity index (χ3n) is 6.56. The molecule has 0 aliphatic heterocycles. The molecule has 0 aromatic rings. The van der Waals surface area contributed by atoms with E-state index in [2.05, 4.69) is 41.3 Å². The van der Waals surface area contributed by atoms with Crippen molar-refractivity contribution in [2.24, 2.45) is 29.1 Å². The predicted molar refractivity (Wildman–Crippen MR) is 75.6 cm³/mol. The number of hydrogen-bond acceptors (Lipinski definition) is 0. The molecule has 0 heterocycles. The van der Waals surface area contributed by atoms with Crippen molar-refractivity contribution >= 4 is 8.58 Å². The van der Waals surface area contributed by atoms with Crippen LogP contribution in [0.2, 0.25) is 0 Å². The van der Waals surface area contributed by atoms with Crippen LogP contribution in [0.5, 0.6) is 0 Å². The summed E-state index contributed by atoms with van der Waals surface area (Å²) in [6, 6.07) is 0. The molecule has 0 spiro atoms. The zero-order chi connectivity index (χ0) is 12.1. The van der Waals surface area contributed by atoms with Crippen LogP contribution in [0, 0.1) is 29.1 Å². The van der Waals surface area contributed by atoms with Crippen molar-refractivity contribution in [1.82, 2.24) is 0 Å². The van der Waals surface area contributed by atoms with Crippen molar-refractivity contribution in [2.75, 3.05) is 6.66 Å². The molecule has 2 aliphatic carbocycles. The number of fused-ring (bicyclic) bond motifs is 2. The van der Waals surface area contributed by atoms with Crippen LogP contribution in [-0.2, 0) is 0 Å². The lowest BCUT2D eigenvalue weighted by Crippen LogP contribution is -2.57. The summed E-state index contributed by atoms with van der Waals surface area (Å²) in [6.45, 7) is 15.1. The lowest BCUT2D eigenvalue weighted by atomic mass is 9.49. The van der Waals surface area contributed by atoms with Crippen molar-refractivity contribution in [3.8, 4) is 0 Å². The SMILES string of the molecule is CP[C@@]12C[C@@](C)([C@H](C)C[C@@H]1C)[C@@H](C)C[C@H]2C. The third-order valence-corrected chi connectivity index (χ3v) is 8.66. The quantitative estimate of drug-likeness (QED) is 0.578. The van der Waals surface area contributed by atoms with Crippen LogP contribution in [0.1, 0.15) is 53.9 Å². The zero-order valence-corrected chi connectivity index (χ0v) is 12.9. The van der Waals surface area contributed by atoms with Crippen LogP contribution in [-0.4, -0.2) is 11.8 Å². The monoisotopic (exact) mass is 240 g/mol. The first-order chi connectivity index (χ1) is 7.36. The molecular formula is C15H29P. The number of rotatable bonds is 1. The van der Waals surface area contributed by atoms with Gasteiger partial charge in [-0.2, -0.15) is 0 Å². The fourth-order valence-corrected chi connectivity index (χ4v) is 6.68. The van der Waals surface area contributed by atoms with Crippen LogP contribution in [0.25, 0.3) is 0 Å². The molecule has 0 N–H and O–H groups in total. The minimum absolute atomic E-state index is 0.627. The molecule has 1 unspecified atom stereocenters. The van der Waals surface area contributed by atoms with E-state index in [0.29, 0.717) is 10.6 Å². The zero-order valence-electron chi connectivity index (χ0n) is 11.9. The van der Waals surface area contributed by atoms with Crippen LogP contribution in [0.15, 0.2) is 0 Å². The van der Waals surface area contributed by atoms with E-state index in [9.17, 15) is 0 Å². The van der Waals surface area contributed by atoms with E-state index in [1.807, 2.05) is 0 Å². The van der Waals surface area contributed by atoms with Gasteiger partial charge in [-0.3, -0.25) is 0 Å². The first-order valence-corrected chi connectivity index (χ1v) is 8.55.